The van der Waals surface area contributed by atoms with Gasteiger partial charge in [0.05, 0.1) is 11.1 Å². The summed E-state index contributed by atoms with van der Waals surface area (Å²) in [5.74, 6) is 0.601. The molecule has 1 aliphatic heterocycles. The average molecular weight is 527 g/mol. The molecule has 3 aromatic rings. The van der Waals surface area contributed by atoms with E-state index in [0.717, 1.165) is 37.9 Å². The minimum Gasteiger partial charge on any atom is -0.488 e. The maximum atomic E-state index is 13.3. The van der Waals surface area contributed by atoms with Crippen LogP contribution in [-0.4, -0.2) is 42.4 Å². The number of hydrogen-bond donors (Lipinski definition) is 2. The highest BCUT2D eigenvalue weighted by molar-refractivity contribution is 5.95. The van der Waals surface area contributed by atoms with E-state index in [4.69, 9.17) is 4.74 Å². The lowest BCUT2D eigenvalue weighted by molar-refractivity contribution is -0.163. The van der Waals surface area contributed by atoms with Gasteiger partial charge in [-0.15, -0.1) is 0 Å². The van der Waals surface area contributed by atoms with E-state index in [2.05, 4.69) is 49.0 Å². The van der Waals surface area contributed by atoms with Crippen molar-refractivity contribution in [3.8, 4) is 11.8 Å². The van der Waals surface area contributed by atoms with Gasteiger partial charge < -0.3 is 24.7 Å². The first-order valence-electron chi connectivity index (χ1n) is 13.4. The number of nitriles is 1. The molecule has 2 N–H and O–H groups in total. The van der Waals surface area contributed by atoms with Crippen molar-refractivity contribution in [2.75, 3.05) is 18.0 Å². The molecule has 1 saturated carbocycles. The van der Waals surface area contributed by atoms with Gasteiger partial charge in [-0.1, -0.05) is 27.7 Å². The second-order valence-electron chi connectivity index (χ2n) is 11.9. The second-order valence-corrected chi connectivity index (χ2v) is 11.9. The maximum Gasteiger partial charge on any atom is 0.251 e. The molecular formula is C31H34N4O4. The Hall–Kier alpha value is -4.12. The smallest absolute Gasteiger partial charge is 0.251 e. The summed E-state index contributed by atoms with van der Waals surface area (Å²) in [7, 11) is 0. The van der Waals surface area contributed by atoms with E-state index >= 15 is 0 Å². The number of hydrogen-bond acceptors (Lipinski definition) is 6. The molecule has 2 fully saturated rings. The summed E-state index contributed by atoms with van der Waals surface area (Å²) in [6, 6.07) is 16.1. The van der Waals surface area contributed by atoms with Crippen molar-refractivity contribution in [1.29, 1.82) is 5.26 Å². The molecule has 1 amide bonds. The number of aromatic nitrogens is 1. The molecule has 0 atom stereocenters. The molecule has 2 aromatic carbocycles. The molecule has 0 unspecified atom stereocenters. The molecule has 8 nitrogen and oxygen atoms in total. The summed E-state index contributed by atoms with van der Waals surface area (Å²) in [6.45, 7) is 9.99. The fourth-order valence-corrected chi connectivity index (χ4v) is 6.68. The normalized spacial score (nSPS) is 22.0. The highest BCUT2D eigenvalue weighted by Gasteiger charge is 2.64. The van der Waals surface area contributed by atoms with Gasteiger partial charge in [-0.3, -0.25) is 9.59 Å². The zero-order chi connectivity index (χ0) is 27.9. The van der Waals surface area contributed by atoms with Gasteiger partial charge in [0.25, 0.3) is 5.91 Å². The van der Waals surface area contributed by atoms with Crippen LogP contribution in [0.5, 0.6) is 5.75 Å². The van der Waals surface area contributed by atoms with Crippen LogP contribution in [0.2, 0.25) is 0 Å². The number of fused-ring (bicyclic) bond motifs is 1. The lowest BCUT2D eigenvalue weighted by Crippen LogP contribution is -2.74. The van der Waals surface area contributed by atoms with Gasteiger partial charge in [0.1, 0.15) is 24.2 Å². The van der Waals surface area contributed by atoms with Crippen LogP contribution in [0.15, 0.2) is 53.3 Å². The van der Waals surface area contributed by atoms with Gasteiger partial charge in [-0.2, -0.15) is 5.26 Å². The van der Waals surface area contributed by atoms with E-state index in [1.165, 1.54) is 6.07 Å². The van der Waals surface area contributed by atoms with E-state index in [1.807, 2.05) is 24.3 Å². The van der Waals surface area contributed by atoms with E-state index < -0.39 is 0 Å². The number of carbonyl (C=O) groups is 2. The van der Waals surface area contributed by atoms with E-state index in [9.17, 15) is 19.6 Å². The lowest BCUT2D eigenvalue weighted by atomic mass is 9.49. The quantitative estimate of drug-likeness (QED) is 0.459. The van der Waals surface area contributed by atoms with Crippen LogP contribution >= 0.6 is 0 Å². The Morgan fingerprint density at radius 1 is 1.05 bits per heavy atom. The number of nitrogens with one attached hydrogen (secondary N) is 2. The number of pyridine rings is 1. The van der Waals surface area contributed by atoms with Crippen molar-refractivity contribution in [2.45, 2.75) is 52.7 Å². The number of rotatable bonds is 6. The first kappa shape index (κ1) is 26.5. The molecule has 0 spiro atoms. The number of benzene rings is 2. The van der Waals surface area contributed by atoms with Crippen molar-refractivity contribution < 1.29 is 14.3 Å². The van der Waals surface area contributed by atoms with E-state index in [0.29, 0.717) is 27.8 Å². The van der Waals surface area contributed by atoms with Gasteiger partial charge in [-0.25, -0.2) is 0 Å². The van der Waals surface area contributed by atoms with Crippen LogP contribution in [-0.2, 0) is 4.79 Å². The molecule has 1 saturated heterocycles. The number of anilines is 1. The summed E-state index contributed by atoms with van der Waals surface area (Å²) in [5.41, 5.74) is 1.44. The van der Waals surface area contributed by atoms with Crippen molar-refractivity contribution in [3.63, 3.8) is 0 Å². The Labute approximate surface area is 228 Å². The Bertz CT molecular complexity index is 1490. The van der Waals surface area contributed by atoms with Crippen LogP contribution in [0.1, 0.15) is 56.5 Å². The fourth-order valence-electron chi connectivity index (χ4n) is 6.68. The van der Waals surface area contributed by atoms with Gasteiger partial charge in [0, 0.05) is 58.6 Å². The summed E-state index contributed by atoms with van der Waals surface area (Å²) in [4.78, 5) is 41.2. The first-order valence-corrected chi connectivity index (χ1v) is 13.4. The predicted octanol–water partition coefficient (Wildman–Crippen LogP) is 4.43. The van der Waals surface area contributed by atoms with Crippen LogP contribution in [0.3, 0.4) is 0 Å². The van der Waals surface area contributed by atoms with Crippen LogP contribution in [0.4, 0.5) is 5.69 Å². The molecule has 0 radical (unpaired) electrons. The Morgan fingerprint density at radius 3 is 2.33 bits per heavy atom. The highest BCUT2D eigenvalue weighted by Crippen LogP contribution is 2.56. The monoisotopic (exact) mass is 526 g/mol. The molecule has 5 rings (SSSR count). The van der Waals surface area contributed by atoms with Crippen molar-refractivity contribution in [2.24, 2.45) is 16.7 Å². The van der Waals surface area contributed by atoms with E-state index in [-0.39, 0.29) is 40.4 Å². The van der Waals surface area contributed by atoms with Crippen LogP contribution in [0.25, 0.3) is 10.9 Å². The van der Waals surface area contributed by atoms with Crippen LogP contribution < -0.4 is 20.5 Å². The third-order valence-electron chi connectivity index (χ3n) is 8.56. The lowest BCUT2D eigenvalue weighted by Gasteiger charge is -2.63. The number of nitrogens with zero attached hydrogens (tertiary/aromatic N) is 2. The Morgan fingerprint density at radius 2 is 1.72 bits per heavy atom. The van der Waals surface area contributed by atoms with Crippen LogP contribution in [0, 0.1) is 28.1 Å². The maximum absolute atomic E-state index is 13.3. The van der Waals surface area contributed by atoms with Gasteiger partial charge in [0.2, 0.25) is 5.56 Å². The summed E-state index contributed by atoms with van der Waals surface area (Å²) in [6.07, 6.45) is 2.54. The number of aldehydes is 1. The summed E-state index contributed by atoms with van der Waals surface area (Å²) >= 11 is 0. The Kier molecular flexibility index (Phi) is 6.71. The third-order valence-corrected chi connectivity index (χ3v) is 8.56. The van der Waals surface area contributed by atoms with Gasteiger partial charge in [-0.05, 0) is 55.3 Å². The largest absolute Gasteiger partial charge is 0.488 e. The zero-order valence-electron chi connectivity index (χ0n) is 22.8. The first-order chi connectivity index (χ1) is 18.6. The summed E-state index contributed by atoms with van der Waals surface area (Å²) in [5, 5.41) is 13.4. The molecule has 1 aromatic heterocycles. The topological polar surface area (TPSA) is 115 Å². The molecule has 0 bridgehead atoms. The zero-order valence-corrected chi connectivity index (χ0v) is 22.8. The number of aromatic amines is 1. The molecule has 202 valence electrons. The molecule has 2 aliphatic rings. The molecule has 39 heavy (non-hydrogen) atoms. The fraction of sp³-hybridized carbons (Fsp3) is 0.419. The molecule has 2 heterocycles. The Balaban J connectivity index is 1.30. The molecule has 8 heteroatoms. The SMILES string of the molecule is CC1(C)C(NC(=O)c2ccc(N3CCC(C=O)CC3)cc2)C(C)(C)C1Oc1ccc(C#N)c2[nH]c(=O)ccc12. The highest BCUT2D eigenvalue weighted by atomic mass is 16.5. The van der Waals surface area contributed by atoms with Crippen molar-refractivity contribution >= 4 is 28.8 Å². The predicted molar refractivity (Wildman–Crippen MR) is 150 cm³/mol. The number of H-pyrrole nitrogens is 1. The number of carbonyl (C=O) groups excluding carboxylic acids is 2. The van der Waals surface area contributed by atoms with Gasteiger partial charge >= 0.3 is 0 Å². The van der Waals surface area contributed by atoms with Crippen molar-refractivity contribution in [1.82, 2.24) is 10.3 Å². The number of ether oxygens (including phenoxy) is 1. The summed E-state index contributed by atoms with van der Waals surface area (Å²) < 4.78 is 6.54. The number of amides is 1. The molecular weight excluding hydrogens is 492 g/mol. The van der Waals surface area contributed by atoms with E-state index in [1.54, 1.807) is 18.2 Å². The average Bonchev–Trinajstić information content (AvgIpc) is 2.94. The standard InChI is InChI=1S/C31H34N4O4/c1-30(2)28(34-27(38)20-5-8-22(9-6-20)35-15-13-19(18-36)14-16-35)31(3,4)29(30)39-24-11-7-21(17-32)26-23(24)10-12-25(37)33-26/h5-12,18-19,28-29H,13-16H2,1-4H3,(H,33,37)(H,34,38). The minimum absolute atomic E-state index is 0.132. The minimum atomic E-state index is -0.384. The number of piperidine rings is 1. The third kappa shape index (κ3) is 4.67. The molecule has 1 aliphatic carbocycles. The second kappa shape index (κ2) is 9.88. The van der Waals surface area contributed by atoms with Crippen molar-refractivity contribution in [3.05, 3.63) is 70.0 Å². The van der Waals surface area contributed by atoms with Gasteiger partial charge in [0.15, 0.2) is 0 Å².